The highest BCUT2D eigenvalue weighted by molar-refractivity contribution is 5.89. The lowest BCUT2D eigenvalue weighted by molar-refractivity contribution is -0.134. The molecular formula is C17H22N2O3. The lowest BCUT2D eigenvalue weighted by Gasteiger charge is -2.34. The van der Waals surface area contributed by atoms with Crippen LogP contribution in [-0.2, 0) is 9.59 Å². The van der Waals surface area contributed by atoms with Crippen LogP contribution in [0.5, 0.6) is 5.75 Å². The number of carbonyl (C=O) groups excluding carboxylic acids is 2. The van der Waals surface area contributed by atoms with Crippen LogP contribution >= 0.6 is 0 Å². The fraction of sp³-hybridized carbons (Fsp3) is 0.529. The molecule has 22 heavy (non-hydrogen) atoms. The van der Waals surface area contributed by atoms with Crippen molar-refractivity contribution < 1.29 is 14.3 Å². The summed E-state index contributed by atoms with van der Waals surface area (Å²) in [5, 5.41) is 0. The molecule has 2 aliphatic heterocycles. The van der Waals surface area contributed by atoms with Crippen molar-refractivity contribution in [1.29, 1.82) is 0 Å². The van der Waals surface area contributed by atoms with Gasteiger partial charge in [0.15, 0.2) is 5.75 Å². The average Bonchev–Trinajstić information content (AvgIpc) is 2.48. The van der Waals surface area contributed by atoms with Crippen LogP contribution in [0, 0.1) is 12.8 Å². The van der Waals surface area contributed by atoms with Gasteiger partial charge in [-0.2, -0.15) is 0 Å². The maximum absolute atomic E-state index is 12.5. The molecule has 0 aromatic heterocycles. The first-order valence-corrected chi connectivity index (χ1v) is 7.87. The second-order valence-electron chi connectivity index (χ2n) is 6.36. The zero-order valence-corrected chi connectivity index (χ0v) is 13.2. The maximum Gasteiger partial charge on any atom is 0.331 e. The van der Waals surface area contributed by atoms with Crippen molar-refractivity contribution in [3.8, 4) is 5.75 Å². The highest BCUT2D eigenvalue weighted by atomic mass is 16.5. The molecule has 1 saturated heterocycles. The number of fused-ring (bicyclic) bond motifs is 1. The van der Waals surface area contributed by atoms with Crippen molar-refractivity contribution in [3.05, 3.63) is 23.8 Å². The molecule has 0 unspecified atom stereocenters. The minimum absolute atomic E-state index is 0.0917. The number of nitrogens with zero attached hydrogens (tertiary/aromatic N) is 2. The smallest absolute Gasteiger partial charge is 0.331 e. The standard InChI is InChI=1S/C17H22N2O3/c1-12-5-7-18(8-6-12)16(20)10-19-11-17(21)22-15-4-3-13(2)9-14(15)19/h3-4,9,12H,5-8,10-11H2,1-2H3. The topological polar surface area (TPSA) is 49.9 Å². The van der Waals surface area contributed by atoms with E-state index in [0.717, 1.165) is 37.2 Å². The number of benzene rings is 1. The number of rotatable bonds is 2. The molecule has 2 heterocycles. The summed E-state index contributed by atoms with van der Waals surface area (Å²) in [7, 11) is 0. The van der Waals surface area contributed by atoms with Crippen LogP contribution in [-0.4, -0.2) is 43.0 Å². The molecule has 0 radical (unpaired) electrons. The van der Waals surface area contributed by atoms with Crippen LogP contribution in [0.1, 0.15) is 25.3 Å². The van der Waals surface area contributed by atoms with E-state index in [9.17, 15) is 9.59 Å². The summed E-state index contributed by atoms with van der Waals surface area (Å²) in [6.07, 6.45) is 2.12. The number of hydrogen-bond acceptors (Lipinski definition) is 4. The molecule has 5 nitrogen and oxygen atoms in total. The van der Waals surface area contributed by atoms with E-state index >= 15 is 0 Å². The minimum atomic E-state index is -0.309. The molecule has 0 atom stereocenters. The van der Waals surface area contributed by atoms with Crippen molar-refractivity contribution in [2.45, 2.75) is 26.7 Å². The van der Waals surface area contributed by atoms with Crippen molar-refractivity contribution >= 4 is 17.6 Å². The van der Waals surface area contributed by atoms with E-state index in [4.69, 9.17) is 4.74 Å². The Labute approximate surface area is 130 Å². The van der Waals surface area contributed by atoms with E-state index in [2.05, 4.69) is 6.92 Å². The first-order valence-electron chi connectivity index (χ1n) is 7.87. The summed E-state index contributed by atoms with van der Waals surface area (Å²) in [5.41, 5.74) is 1.92. The van der Waals surface area contributed by atoms with Gasteiger partial charge >= 0.3 is 5.97 Å². The number of amides is 1. The second-order valence-corrected chi connectivity index (χ2v) is 6.36. The largest absolute Gasteiger partial charge is 0.423 e. The molecule has 0 spiro atoms. The number of ether oxygens (including phenoxy) is 1. The molecule has 1 fully saturated rings. The van der Waals surface area contributed by atoms with E-state index in [1.54, 1.807) is 6.07 Å². The third-order valence-corrected chi connectivity index (χ3v) is 4.46. The van der Waals surface area contributed by atoms with Crippen molar-refractivity contribution in [1.82, 2.24) is 4.90 Å². The predicted octanol–water partition coefficient (Wildman–Crippen LogP) is 1.98. The molecule has 5 heteroatoms. The third-order valence-electron chi connectivity index (χ3n) is 4.46. The molecule has 2 aliphatic rings. The number of carbonyl (C=O) groups is 2. The first kappa shape index (κ1) is 14.9. The average molecular weight is 302 g/mol. The lowest BCUT2D eigenvalue weighted by Crippen LogP contribution is -2.47. The zero-order chi connectivity index (χ0) is 15.7. The molecule has 0 N–H and O–H groups in total. The Morgan fingerprint density at radius 2 is 2.05 bits per heavy atom. The number of aryl methyl sites for hydroxylation is 1. The predicted molar refractivity (Wildman–Crippen MR) is 84.0 cm³/mol. The van der Waals surface area contributed by atoms with Crippen LogP contribution in [0.3, 0.4) is 0 Å². The number of hydrogen-bond donors (Lipinski definition) is 0. The van der Waals surface area contributed by atoms with Gasteiger partial charge < -0.3 is 14.5 Å². The fourth-order valence-electron chi connectivity index (χ4n) is 3.02. The number of anilines is 1. The van der Waals surface area contributed by atoms with Crippen LogP contribution in [0.15, 0.2) is 18.2 Å². The van der Waals surface area contributed by atoms with E-state index in [0.29, 0.717) is 11.7 Å². The van der Waals surface area contributed by atoms with Gasteiger partial charge in [-0.3, -0.25) is 4.79 Å². The molecular weight excluding hydrogens is 280 g/mol. The van der Waals surface area contributed by atoms with Crippen LogP contribution < -0.4 is 9.64 Å². The Hall–Kier alpha value is -2.04. The SMILES string of the molecule is Cc1ccc2c(c1)N(CC(=O)N1CCC(C)CC1)CC(=O)O2. The van der Waals surface area contributed by atoms with Gasteiger partial charge in [0.05, 0.1) is 12.2 Å². The number of likely N-dealkylation sites (tertiary alicyclic amines) is 1. The Kier molecular flexibility index (Phi) is 4.05. The van der Waals surface area contributed by atoms with Gasteiger partial charge in [0.1, 0.15) is 6.54 Å². The zero-order valence-electron chi connectivity index (χ0n) is 13.2. The van der Waals surface area contributed by atoms with Crippen molar-refractivity contribution in [3.63, 3.8) is 0 Å². The molecule has 118 valence electrons. The summed E-state index contributed by atoms with van der Waals surface area (Å²) in [4.78, 5) is 28.0. The van der Waals surface area contributed by atoms with Crippen molar-refractivity contribution in [2.24, 2.45) is 5.92 Å². The quantitative estimate of drug-likeness (QED) is 0.619. The molecule has 0 saturated carbocycles. The van der Waals surface area contributed by atoms with Crippen LogP contribution in [0.4, 0.5) is 5.69 Å². The van der Waals surface area contributed by atoms with Gasteiger partial charge in [0.2, 0.25) is 5.91 Å². The summed E-state index contributed by atoms with van der Waals surface area (Å²) in [6.45, 7) is 6.22. The molecule has 1 aromatic carbocycles. The van der Waals surface area contributed by atoms with Crippen LogP contribution in [0.25, 0.3) is 0 Å². The van der Waals surface area contributed by atoms with Gasteiger partial charge in [-0.25, -0.2) is 4.79 Å². The van der Waals surface area contributed by atoms with Crippen molar-refractivity contribution in [2.75, 3.05) is 31.1 Å². The van der Waals surface area contributed by atoms with E-state index in [1.807, 2.05) is 28.9 Å². The second kappa shape index (κ2) is 5.99. The summed E-state index contributed by atoms with van der Waals surface area (Å²) in [6, 6.07) is 5.67. The summed E-state index contributed by atoms with van der Waals surface area (Å²) < 4.78 is 5.25. The summed E-state index contributed by atoms with van der Waals surface area (Å²) in [5.74, 6) is 1.02. The van der Waals surface area contributed by atoms with E-state index < -0.39 is 0 Å². The molecule has 0 aliphatic carbocycles. The number of esters is 1. The molecule has 3 rings (SSSR count). The monoisotopic (exact) mass is 302 g/mol. The van der Waals surface area contributed by atoms with Gasteiger partial charge in [0.25, 0.3) is 0 Å². The van der Waals surface area contributed by atoms with Gasteiger partial charge in [-0.15, -0.1) is 0 Å². The third kappa shape index (κ3) is 3.08. The number of piperidine rings is 1. The van der Waals surface area contributed by atoms with Gasteiger partial charge in [-0.05, 0) is 43.4 Å². The molecule has 1 amide bonds. The Balaban J connectivity index is 1.74. The van der Waals surface area contributed by atoms with E-state index in [-0.39, 0.29) is 25.0 Å². The Morgan fingerprint density at radius 1 is 1.32 bits per heavy atom. The highest BCUT2D eigenvalue weighted by Crippen LogP contribution is 2.32. The Bertz CT molecular complexity index is 592. The Morgan fingerprint density at radius 3 is 2.77 bits per heavy atom. The lowest BCUT2D eigenvalue weighted by atomic mass is 9.99. The maximum atomic E-state index is 12.5. The summed E-state index contributed by atoms with van der Waals surface area (Å²) >= 11 is 0. The molecule has 1 aromatic rings. The minimum Gasteiger partial charge on any atom is -0.423 e. The van der Waals surface area contributed by atoms with Crippen LogP contribution in [0.2, 0.25) is 0 Å². The van der Waals surface area contributed by atoms with Gasteiger partial charge in [0, 0.05) is 13.1 Å². The first-order chi connectivity index (χ1) is 10.5. The fourth-order valence-corrected chi connectivity index (χ4v) is 3.02. The normalized spacial score (nSPS) is 18.9. The van der Waals surface area contributed by atoms with Gasteiger partial charge in [-0.1, -0.05) is 13.0 Å². The molecule has 0 bridgehead atoms. The highest BCUT2D eigenvalue weighted by Gasteiger charge is 2.28. The van der Waals surface area contributed by atoms with E-state index in [1.165, 1.54) is 0 Å².